The predicted octanol–water partition coefficient (Wildman–Crippen LogP) is 4.30. The van der Waals surface area contributed by atoms with Crippen molar-refractivity contribution in [2.45, 2.75) is 25.9 Å². The van der Waals surface area contributed by atoms with Gasteiger partial charge in [-0.15, -0.1) is 0 Å². The number of aliphatic carboxylic acids is 2. The molecule has 34 heavy (non-hydrogen) atoms. The van der Waals surface area contributed by atoms with Crippen LogP contribution in [-0.2, 0) is 16.0 Å². The van der Waals surface area contributed by atoms with Crippen molar-refractivity contribution < 1.29 is 34.6 Å². The summed E-state index contributed by atoms with van der Waals surface area (Å²) in [4.78, 5) is 29.8. The Bertz CT molecular complexity index is 1130. The fraction of sp³-hybridized carbons (Fsp3) is 0.217. The van der Waals surface area contributed by atoms with Gasteiger partial charge in [-0.2, -0.15) is 0 Å². The first-order valence-electron chi connectivity index (χ1n) is 9.95. The molecule has 1 aliphatic rings. The van der Waals surface area contributed by atoms with E-state index in [-0.39, 0.29) is 11.4 Å². The monoisotopic (exact) mass is 534 g/mol. The van der Waals surface area contributed by atoms with Gasteiger partial charge in [-0.1, -0.05) is 30.3 Å². The van der Waals surface area contributed by atoms with E-state index in [9.17, 15) is 24.8 Å². The zero-order chi connectivity index (χ0) is 25.5. The van der Waals surface area contributed by atoms with E-state index in [4.69, 9.17) is 14.9 Å². The highest BCUT2D eigenvalue weighted by Gasteiger charge is 2.37. The van der Waals surface area contributed by atoms with Gasteiger partial charge in [0.1, 0.15) is 5.75 Å². The molecule has 2 aromatic rings. The number of carboxylic acids is 2. The van der Waals surface area contributed by atoms with Gasteiger partial charge in [-0.25, -0.2) is 9.59 Å². The molecule has 0 saturated heterocycles. The Kier molecular flexibility index (Phi) is 8.79. The number of benzene rings is 2. The zero-order valence-corrected chi connectivity index (χ0v) is 19.9. The topological polar surface area (TPSA) is 159 Å². The highest BCUT2D eigenvalue weighted by Crippen LogP contribution is 2.43. The summed E-state index contributed by atoms with van der Waals surface area (Å²) >= 11 is 3.23. The summed E-state index contributed by atoms with van der Waals surface area (Å²) in [6.07, 6.45) is 1.90. The van der Waals surface area contributed by atoms with Crippen LogP contribution in [0.5, 0.6) is 5.75 Å². The van der Waals surface area contributed by atoms with Crippen LogP contribution in [0.1, 0.15) is 25.0 Å². The van der Waals surface area contributed by atoms with E-state index in [0.717, 1.165) is 6.42 Å². The number of hydrogen-bond acceptors (Lipinski definition) is 7. The molecule has 0 radical (unpaired) electrons. The van der Waals surface area contributed by atoms with Crippen molar-refractivity contribution in [1.82, 2.24) is 5.32 Å². The number of nitrogens with one attached hydrogen (secondary N) is 1. The Balaban J connectivity index is 0.000000440. The lowest BCUT2D eigenvalue weighted by Crippen LogP contribution is -2.37. The van der Waals surface area contributed by atoms with Gasteiger partial charge in [-0.05, 0) is 47.8 Å². The summed E-state index contributed by atoms with van der Waals surface area (Å²) in [5, 5.41) is 40.7. The smallest absolute Gasteiger partial charge is 0.328 e. The van der Waals surface area contributed by atoms with E-state index in [0.29, 0.717) is 40.2 Å². The number of carbonyl (C=O) groups is 2. The number of rotatable bonds is 7. The number of aliphatic hydroxyl groups is 1. The molecular formula is C23H23BrN2O8. The van der Waals surface area contributed by atoms with Crippen molar-refractivity contribution in [1.29, 1.82) is 0 Å². The number of fused-ring (bicyclic) bond motifs is 1. The van der Waals surface area contributed by atoms with E-state index in [1.165, 1.54) is 11.6 Å². The van der Waals surface area contributed by atoms with Crippen LogP contribution in [0, 0.1) is 10.1 Å². The lowest BCUT2D eigenvalue weighted by Gasteiger charge is -2.34. The maximum atomic E-state index is 11.2. The Morgan fingerprint density at radius 1 is 1.15 bits per heavy atom. The van der Waals surface area contributed by atoms with E-state index in [2.05, 4.69) is 21.2 Å². The van der Waals surface area contributed by atoms with Crippen LogP contribution in [0.4, 0.5) is 5.69 Å². The number of hydrogen-bond donors (Lipinski definition) is 4. The van der Waals surface area contributed by atoms with Crippen molar-refractivity contribution in [3.63, 3.8) is 0 Å². The summed E-state index contributed by atoms with van der Waals surface area (Å²) in [6.45, 7) is 4.05. The second-order valence-electron chi connectivity index (χ2n) is 7.57. The van der Waals surface area contributed by atoms with Crippen LogP contribution in [-0.4, -0.2) is 44.3 Å². The third-order valence-electron chi connectivity index (χ3n) is 4.61. The number of carboxylic acid groups (broad SMARTS) is 2. The van der Waals surface area contributed by atoms with Gasteiger partial charge in [0, 0.05) is 24.3 Å². The zero-order valence-electron chi connectivity index (χ0n) is 18.3. The van der Waals surface area contributed by atoms with Gasteiger partial charge in [0.25, 0.3) is 5.69 Å². The number of ether oxygens (including phenoxy) is 1. The van der Waals surface area contributed by atoms with Gasteiger partial charge in [0.2, 0.25) is 0 Å². The third-order valence-corrected chi connectivity index (χ3v) is 5.25. The average Bonchev–Trinajstić information content (AvgIpc) is 2.76. The minimum atomic E-state index is -1.26. The summed E-state index contributed by atoms with van der Waals surface area (Å²) < 4.78 is 6.13. The molecule has 0 unspecified atom stereocenters. The molecule has 1 heterocycles. The van der Waals surface area contributed by atoms with Crippen molar-refractivity contribution >= 4 is 39.3 Å². The van der Waals surface area contributed by atoms with Gasteiger partial charge in [0.05, 0.1) is 21.2 Å². The summed E-state index contributed by atoms with van der Waals surface area (Å²) in [5.74, 6) is -2.08. The van der Waals surface area contributed by atoms with Crippen LogP contribution >= 0.6 is 15.9 Å². The van der Waals surface area contributed by atoms with E-state index >= 15 is 0 Å². The Morgan fingerprint density at radius 3 is 2.26 bits per heavy atom. The molecule has 0 amide bonds. The van der Waals surface area contributed by atoms with Gasteiger partial charge < -0.3 is 25.4 Å². The molecule has 0 bridgehead atoms. The van der Waals surface area contributed by atoms with Gasteiger partial charge in [-0.3, -0.25) is 10.1 Å². The number of nitro benzene ring substituents is 1. The van der Waals surface area contributed by atoms with Crippen LogP contribution in [0.3, 0.4) is 0 Å². The minimum Gasteiger partial charge on any atom is -0.506 e. The molecule has 2 aromatic carbocycles. The average molecular weight is 535 g/mol. The lowest BCUT2D eigenvalue weighted by atomic mass is 9.96. The normalized spacial score (nSPS) is 13.9. The van der Waals surface area contributed by atoms with Crippen LogP contribution in [0.25, 0.3) is 5.70 Å². The van der Waals surface area contributed by atoms with E-state index in [1.54, 1.807) is 19.9 Å². The van der Waals surface area contributed by atoms with E-state index < -0.39 is 22.5 Å². The molecule has 180 valence electrons. The second kappa shape index (κ2) is 11.3. The predicted molar refractivity (Wildman–Crippen MR) is 128 cm³/mol. The highest BCUT2D eigenvalue weighted by molar-refractivity contribution is 9.10. The fourth-order valence-corrected chi connectivity index (χ4v) is 3.50. The largest absolute Gasteiger partial charge is 0.506 e. The number of nitrogens with zero attached hydrogens (tertiary/aromatic N) is 1. The summed E-state index contributed by atoms with van der Waals surface area (Å²) in [5.41, 5.74) is 1.24. The maximum Gasteiger partial charge on any atom is 0.328 e. The molecule has 10 nitrogen and oxygen atoms in total. The van der Waals surface area contributed by atoms with Crippen molar-refractivity contribution in [3.05, 3.63) is 86.1 Å². The van der Waals surface area contributed by atoms with Crippen molar-refractivity contribution in [3.8, 4) is 5.75 Å². The minimum absolute atomic E-state index is 0.0683. The number of aliphatic hydroxyl groups excluding tert-OH is 1. The second-order valence-corrected chi connectivity index (χ2v) is 8.42. The molecule has 3 rings (SSSR count). The molecule has 0 atom stereocenters. The molecule has 0 aromatic heterocycles. The lowest BCUT2D eigenvalue weighted by molar-refractivity contribution is -0.385. The van der Waals surface area contributed by atoms with Crippen molar-refractivity contribution in [2.24, 2.45) is 0 Å². The third kappa shape index (κ3) is 7.07. The summed E-state index contributed by atoms with van der Waals surface area (Å²) in [6, 6.07) is 13.0. The molecule has 11 heteroatoms. The standard InChI is InChI=1S/C19H19BrN2O4.C4H4O4/c1-19(2)18(23)17(21-9-8-12-6-4-3-5-7-12)13-10-14(20)15(22(24)25)11-16(13)26-19;5-3(6)1-2-4(7)8/h3-7,10-11,21,23H,8-9H2,1-2H3;1-2H,(H,5,6)(H,7,8). The van der Waals surface area contributed by atoms with E-state index in [1.807, 2.05) is 30.3 Å². The number of halogens is 1. The molecule has 4 N–H and O–H groups in total. The Labute approximate surface area is 203 Å². The first-order chi connectivity index (χ1) is 15.9. The molecule has 0 saturated carbocycles. The molecule has 0 aliphatic carbocycles. The van der Waals surface area contributed by atoms with Gasteiger partial charge in [0.15, 0.2) is 11.4 Å². The number of nitro groups is 1. The van der Waals surface area contributed by atoms with Crippen molar-refractivity contribution in [2.75, 3.05) is 6.54 Å². The van der Waals surface area contributed by atoms with Crippen LogP contribution in [0.15, 0.2) is 64.8 Å². The highest BCUT2D eigenvalue weighted by atomic mass is 79.9. The molecule has 0 spiro atoms. The fourth-order valence-electron chi connectivity index (χ4n) is 3.01. The SMILES string of the molecule is CC1(C)Oc2cc([N+](=O)[O-])c(Br)cc2C(NCCc2ccccc2)=C1O.O=C(O)C=CC(=O)O. The summed E-state index contributed by atoms with van der Waals surface area (Å²) in [7, 11) is 0. The Morgan fingerprint density at radius 2 is 1.74 bits per heavy atom. The Hall–Kier alpha value is -3.86. The van der Waals surface area contributed by atoms with Gasteiger partial charge >= 0.3 is 11.9 Å². The molecular weight excluding hydrogens is 512 g/mol. The maximum absolute atomic E-state index is 11.2. The quantitative estimate of drug-likeness (QED) is 0.230. The first-order valence-corrected chi connectivity index (χ1v) is 10.7. The molecule has 0 fully saturated rings. The molecule has 1 aliphatic heterocycles. The van der Waals surface area contributed by atoms with Crippen LogP contribution in [0.2, 0.25) is 0 Å². The van der Waals surface area contributed by atoms with Crippen LogP contribution < -0.4 is 10.1 Å². The first kappa shape index (κ1) is 26.4.